The topological polar surface area (TPSA) is 13.1 Å². The average molecular weight is 627 g/mol. The van der Waals surface area contributed by atoms with Crippen LogP contribution in [0.25, 0.3) is 107 Å². The molecule has 0 aliphatic rings. The maximum absolute atomic E-state index is 6.36. The Morgan fingerprint density at radius 2 is 0.833 bits per heavy atom. The van der Waals surface area contributed by atoms with E-state index in [1.807, 2.05) is 23.5 Å². The molecule has 0 aliphatic heterocycles. The molecule has 0 atom stereocenters. The number of hydrogen-bond acceptors (Lipinski definition) is 2. The largest absolute Gasteiger partial charge is 0.456 e. The van der Waals surface area contributed by atoms with Gasteiger partial charge in [0.2, 0.25) is 0 Å². The molecule has 0 aliphatic carbocycles. The lowest BCUT2D eigenvalue weighted by Gasteiger charge is -2.18. The first-order valence-electron chi connectivity index (χ1n) is 16.4. The predicted molar refractivity (Wildman–Crippen MR) is 208 cm³/mol. The summed E-state index contributed by atoms with van der Waals surface area (Å²) in [6, 6.07) is 57.7. The summed E-state index contributed by atoms with van der Waals surface area (Å²) in [5.41, 5.74) is 6.76. The van der Waals surface area contributed by atoms with Gasteiger partial charge in [-0.25, -0.2) is 0 Å². The molecule has 9 aromatic carbocycles. The van der Waals surface area contributed by atoms with Crippen molar-refractivity contribution in [3.8, 4) is 22.3 Å². The number of thiophene rings is 1. The van der Waals surface area contributed by atoms with E-state index in [0.717, 1.165) is 27.5 Å². The molecular weight excluding hydrogens is 601 g/mol. The van der Waals surface area contributed by atoms with E-state index in [0.29, 0.717) is 0 Å². The van der Waals surface area contributed by atoms with Gasteiger partial charge in [0.1, 0.15) is 11.2 Å². The van der Waals surface area contributed by atoms with E-state index in [1.54, 1.807) is 0 Å². The van der Waals surface area contributed by atoms with Crippen LogP contribution in [-0.4, -0.2) is 0 Å². The predicted octanol–water partition coefficient (Wildman–Crippen LogP) is 13.9. The lowest BCUT2D eigenvalue weighted by molar-refractivity contribution is 0.669. The Balaban J connectivity index is 1.22. The highest BCUT2D eigenvalue weighted by molar-refractivity contribution is 7.27. The maximum Gasteiger partial charge on any atom is 0.136 e. The van der Waals surface area contributed by atoms with E-state index in [4.69, 9.17) is 4.42 Å². The van der Waals surface area contributed by atoms with Crippen molar-refractivity contribution in [3.63, 3.8) is 0 Å². The van der Waals surface area contributed by atoms with Crippen molar-refractivity contribution in [1.82, 2.24) is 0 Å². The highest BCUT2D eigenvalue weighted by atomic mass is 32.1. The van der Waals surface area contributed by atoms with Crippen LogP contribution in [0.5, 0.6) is 0 Å². The van der Waals surface area contributed by atoms with Crippen molar-refractivity contribution in [2.75, 3.05) is 0 Å². The second-order valence-corrected chi connectivity index (χ2v) is 13.8. The monoisotopic (exact) mass is 626 g/mol. The Hall–Kier alpha value is -5.96. The summed E-state index contributed by atoms with van der Waals surface area (Å²) in [5.74, 6) is 0. The average Bonchev–Trinajstić information content (AvgIpc) is 3.72. The molecule has 11 rings (SSSR count). The minimum Gasteiger partial charge on any atom is -0.456 e. The summed E-state index contributed by atoms with van der Waals surface area (Å²) in [4.78, 5) is 0. The number of para-hydroxylation sites is 1. The third kappa shape index (κ3) is 3.55. The van der Waals surface area contributed by atoms with Gasteiger partial charge in [0.15, 0.2) is 0 Å². The zero-order chi connectivity index (χ0) is 31.3. The molecule has 1 nitrogen and oxygen atoms in total. The molecule has 11 aromatic rings. The first kappa shape index (κ1) is 26.1. The van der Waals surface area contributed by atoms with Crippen molar-refractivity contribution < 1.29 is 4.42 Å². The molecule has 0 unspecified atom stereocenters. The lowest BCUT2D eigenvalue weighted by Crippen LogP contribution is -1.91. The number of fused-ring (bicyclic) bond motifs is 13. The van der Waals surface area contributed by atoms with Gasteiger partial charge in [0.25, 0.3) is 0 Å². The zero-order valence-electron chi connectivity index (χ0n) is 25.8. The van der Waals surface area contributed by atoms with Gasteiger partial charge in [-0.2, -0.15) is 0 Å². The van der Waals surface area contributed by atoms with E-state index >= 15 is 0 Å². The Kier molecular flexibility index (Phi) is 5.32. The maximum atomic E-state index is 6.36. The number of benzene rings is 9. The molecule has 48 heavy (non-hydrogen) atoms. The summed E-state index contributed by atoms with van der Waals surface area (Å²) in [7, 11) is 0. The fourth-order valence-corrected chi connectivity index (χ4v) is 9.45. The Labute approximate surface area is 279 Å². The fraction of sp³-hybridized carbons (Fsp3) is 0. The van der Waals surface area contributed by atoms with Gasteiger partial charge >= 0.3 is 0 Å². The minimum atomic E-state index is 0.917. The van der Waals surface area contributed by atoms with Crippen LogP contribution in [0.1, 0.15) is 0 Å². The second kappa shape index (κ2) is 9.78. The van der Waals surface area contributed by atoms with E-state index in [9.17, 15) is 0 Å². The van der Waals surface area contributed by atoms with Crippen molar-refractivity contribution in [2.24, 2.45) is 0 Å². The molecule has 0 N–H and O–H groups in total. The SMILES string of the molecule is c1ccc2c(c1)oc1cc(-c3c4ccccc4c(-c4ccc5c(c4)c4ccccc4c4c6ccccc6sc54)c4ccccc34)ccc12. The molecule has 0 amide bonds. The lowest BCUT2D eigenvalue weighted by atomic mass is 9.85. The van der Waals surface area contributed by atoms with Crippen LogP contribution in [0.4, 0.5) is 0 Å². The van der Waals surface area contributed by atoms with E-state index in [-0.39, 0.29) is 0 Å². The molecule has 0 saturated carbocycles. The van der Waals surface area contributed by atoms with Crippen LogP contribution >= 0.6 is 11.3 Å². The van der Waals surface area contributed by atoms with Crippen LogP contribution in [0.15, 0.2) is 162 Å². The molecule has 0 radical (unpaired) electrons. The molecular formula is C46H26OS. The van der Waals surface area contributed by atoms with E-state index in [2.05, 4.69) is 146 Å². The number of rotatable bonds is 2. The van der Waals surface area contributed by atoms with Gasteiger partial charge in [-0.15, -0.1) is 11.3 Å². The third-order valence-corrected chi connectivity index (χ3v) is 11.4. The zero-order valence-corrected chi connectivity index (χ0v) is 26.6. The number of furan rings is 1. The first-order chi connectivity index (χ1) is 23.8. The second-order valence-electron chi connectivity index (χ2n) is 12.8. The standard InChI is InChI=1S/C46H26OS/c1-2-13-32-29(11-1)39-25-27(22-24-37(39)46-45(32)38-18-8-10-20-42(38)48-46)43-33-14-3-5-16-35(33)44(36-17-6-4-15-34(36)43)28-21-23-31-30-12-7-9-19-40(30)47-41(31)26-28/h1-26H. The molecule has 0 saturated heterocycles. The van der Waals surface area contributed by atoms with Crippen LogP contribution in [0.2, 0.25) is 0 Å². The van der Waals surface area contributed by atoms with Gasteiger partial charge in [0, 0.05) is 36.3 Å². The van der Waals surface area contributed by atoms with Crippen molar-refractivity contribution >= 4 is 96.5 Å². The van der Waals surface area contributed by atoms with Crippen LogP contribution < -0.4 is 0 Å². The van der Waals surface area contributed by atoms with E-state index in [1.165, 1.54) is 80.0 Å². The molecule has 0 fully saturated rings. The van der Waals surface area contributed by atoms with Gasteiger partial charge < -0.3 is 4.42 Å². The molecule has 222 valence electrons. The third-order valence-electron chi connectivity index (χ3n) is 10.2. The highest BCUT2D eigenvalue weighted by Gasteiger charge is 2.20. The van der Waals surface area contributed by atoms with Gasteiger partial charge in [-0.1, -0.05) is 127 Å². The molecule has 2 aromatic heterocycles. The number of hydrogen-bond donors (Lipinski definition) is 0. The van der Waals surface area contributed by atoms with Crippen LogP contribution in [0.3, 0.4) is 0 Å². The van der Waals surface area contributed by atoms with Gasteiger partial charge in [-0.3, -0.25) is 0 Å². The fourth-order valence-electron chi connectivity index (χ4n) is 8.19. The first-order valence-corrected chi connectivity index (χ1v) is 17.2. The molecule has 0 spiro atoms. The summed E-state index contributed by atoms with van der Waals surface area (Å²) in [5, 5.41) is 15.2. The van der Waals surface area contributed by atoms with Crippen molar-refractivity contribution in [2.45, 2.75) is 0 Å². The van der Waals surface area contributed by atoms with Crippen LogP contribution in [-0.2, 0) is 0 Å². The summed E-state index contributed by atoms with van der Waals surface area (Å²) < 4.78 is 9.06. The van der Waals surface area contributed by atoms with Gasteiger partial charge in [0.05, 0.1) is 0 Å². The van der Waals surface area contributed by atoms with Gasteiger partial charge in [-0.05, 0) is 90.3 Å². The molecule has 2 heterocycles. The normalized spacial score (nSPS) is 12.2. The Morgan fingerprint density at radius 1 is 0.333 bits per heavy atom. The Bertz CT molecular complexity index is 3060. The molecule has 2 heteroatoms. The van der Waals surface area contributed by atoms with Crippen LogP contribution in [0, 0.1) is 0 Å². The van der Waals surface area contributed by atoms with Crippen molar-refractivity contribution in [1.29, 1.82) is 0 Å². The smallest absolute Gasteiger partial charge is 0.136 e. The summed E-state index contributed by atoms with van der Waals surface area (Å²) in [6.45, 7) is 0. The highest BCUT2D eigenvalue weighted by Crippen LogP contribution is 2.48. The van der Waals surface area contributed by atoms with E-state index < -0.39 is 0 Å². The summed E-state index contributed by atoms with van der Waals surface area (Å²) in [6.07, 6.45) is 0. The molecule has 0 bridgehead atoms. The summed E-state index contributed by atoms with van der Waals surface area (Å²) >= 11 is 1.91. The Morgan fingerprint density at radius 3 is 1.52 bits per heavy atom. The minimum absolute atomic E-state index is 0.917. The van der Waals surface area contributed by atoms with Crippen molar-refractivity contribution in [3.05, 3.63) is 158 Å². The quantitative estimate of drug-likeness (QED) is 0.137.